The highest BCUT2D eigenvalue weighted by Gasteiger charge is 2.47. The molecule has 1 N–H and O–H groups in total. The maximum absolute atomic E-state index is 13.2. The maximum atomic E-state index is 13.2. The fourth-order valence-corrected chi connectivity index (χ4v) is 6.08. The molecular formula is C21H28FN3O2S. The van der Waals surface area contributed by atoms with Crippen LogP contribution in [0.1, 0.15) is 55.3 Å². The van der Waals surface area contributed by atoms with Crippen LogP contribution in [-0.2, 0) is 0 Å². The second kappa shape index (κ2) is 8.31. The summed E-state index contributed by atoms with van der Waals surface area (Å²) in [6.07, 6.45) is 7.40. The summed E-state index contributed by atoms with van der Waals surface area (Å²) >= 11 is 1.82. The van der Waals surface area contributed by atoms with E-state index in [0.717, 1.165) is 31.4 Å². The van der Waals surface area contributed by atoms with Crippen molar-refractivity contribution in [1.82, 2.24) is 15.1 Å². The van der Waals surface area contributed by atoms with Gasteiger partial charge in [0.25, 0.3) is 5.91 Å². The molecule has 1 aromatic rings. The molecule has 4 rings (SSSR count). The second-order valence-corrected chi connectivity index (χ2v) is 9.49. The normalized spacial score (nSPS) is 22.5. The molecule has 3 fully saturated rings. The minimum Gasteiger partial charge on any atom is -0.335 e. The standard InChI is InChI=1S/C21H28FN3O2S/c22-17-8-6-16(7-9-17)19(26)25-14-15-28-21(25)10-12-24(13-11-21)20(27)23-18-4-2-1-3-5-18/h6-9,18H,1-5,10-15H2,(H,23,27). The molecular weight excluding hydrogens is 377 g/mol. The number of piperidine rings is 1. The van der Waals surface area contributed by atoms with Crippen molar-refractivity contribution in [2.75, 3.05) is 25.4 Å². The van der Waals surface area contributed by atoms with Crippen LogP contribution in [0.5, 0.6) is 0 Å². The number of nitrogens with one attached hydrogen (secondary N) is 1. The van der Waals surface area contributed by atoms with E-state index in [1.54, 1.807) is 12.1 Å². The molecule has 7 heteroatoms. The zero-order valence-electron chi connectivity index (χ0n) is 16.2. The molecule has 3 amide bonds. The van der Waals surface area contributed by atoms with Crippen LogP contribution in [0.25, 0.3) is 0 Å². The van der Waals surface area contributed by atoms with Crippen LogP contribution in [0, 0.1) is 5.82 Å². The third-order valence-corrected chi connectivity index (χ3v) is 7.83. The third-order valence-electron chi connectivity index (χ3n) is 6.28. The lowest BCUT2D eigenvalue weighted by molar-refractivity contribution is 0.0579. The largest absolute Gasteiger partial charge is 0.335 e. The number of halogens is 1. The first-order valence-electron chi connectivity index (χ1n) is 10.3. The molecule has 0 unspecified atom stereocenters. The van der Waals surface area contributed by atoms with Gasteiger partial charge < -0.3 is 15.1 Å². The summed E-state index contributed by atoms with van der Waals surface area (Å²) in [7, 11) is 0. The van der Waals surface area contributed by atoms with Gasteiger partial charge in [-0.15, -0.1) is 11.8 Å². The summed E-state index contributed by atoms with van der Waals surface area (Å²) in [5.41, 5.74) is 0.528. The van der Waals surface area contributed by atoms with Crippen molar-refractivity contribution >= 4 is 23.7 Å². The van der Waals surface area contributed by atoms with E-state index in [1.807, 2.05) is 21.6 Å². The first kappa shape index (κ1) is 19.6. The van der Waals surface area contributed by atoms with Crippen LogP contribution >= 0.6 is 11.8 Å². The van der Waals surface area contributed by atoms with E-state index in [1.165, 1.54) is 31.4 Å². The molecule has 28 heavy (non-hydrogen) atoms. The second-order valence-electron chi connectivity index (χ2n) is 8.03. The zero-order chi connectivity index (χ0) is 19.6. The molecule has 1 aromatic carbocycles. The van der Waals surface area contributed by atoms with Gasteiger partial charge in [0.1, 0.15) is 5.82 Å². The highest BCUT2D eigenvalue weighted by atomic mass is 32.2. The van der Waals surface area contributed by atoms with Crippen molar-refractivity contribution in [3.05, 3.63) is 35.6 Å². The van der Waals surface area contributed by atoms with E-state index in [9.17, 15) is 14.0 Å². The monoisotopic (exact) mass is 405 g/mol. The summed E-state index contributed by atoms with van der Waals surface area (Å²) in [6.45, 7) is 2.03. The Morgan fingerprint density at radius 3 is 2.39 bits per heavy atom. The zero-order valence-corrected chi connectivity index (χ0v) is 17.0. The van der Waals surface area contributed by atoms with Gasteiger partial charge >= 0.3 is 6.03 Å². The highest BCUT2D eigenvalue weighted by molar-refractivity contribution is 8.00. The Hall–Kier alpha value is -1.76. The van der Waals surface area contributed by atoms with Gasteiger partial charge in [-0.25, -0.2) is 9.18 Å². The van der Waals surface area contributed by atoms with Crippen molar-refractivity contribution in [2.24, 2.45) is 0 Å². The predicted octanol–water partition coefficient (Wildman–Crippen LogP) is 3.85. The van der Waals surface area contributed by atoms with Crippen molar-refractivity contribution in [3.8, 4) is 0 Å². The third kappa shape index (κ3) is 4.00. The smallest absolute Gasteiger partial charge is 0.317 e. The lowest BCUT2D eigenvalue weighted by Crippen LogP contribution is -2.56. The van der Waals surface area contributed by atoms with Crippen LogP contribution < -0.4 is 5.32 Å². The number of likely N-dealkylation sites (tertiary alicyclic amines) is 1. The molecule has 0 aromatic heterocycles. The Bertz CT molecular complexity index is 713. The van der Waals surface area contributed by atoms with E-state index < -0.39 is 0 Å². The van der Waals surface area contributed by atoms with E-state index in [-0.39, 0.29) is 22.6 Å². The van der Waals surface area contributed by atoms with Crippen LogP contribution in [-0.4, -0.2) is 58.0 Å². The van der Waals surface area contributed by atoms with Crippen LogP contribution in [0.2, 0.25) is 0 Å². The van der Waals surface area contributed by atoms with Crippen LogP contribution in [0.3, 0.4) is 0 Å². The van der Waals surface area contributed by atoms with Crippen LogP contribution in [0.4, 0.5) is 9.18 Å². The molecule has 3 aliphatic rings. The molecule has 2 heterocycles. The number of urea groups is 1. The molecule has 2 saturated heterocycles. The number of benzene rings is 1. The van der Waals surface area contributed by atoms with Gasteiger partial charge in [-0.3, -0.25) is 4.79 Å². The van der Waals surface area contributed by atoms with E-state index in [0.29, 0.717) is 31.2 Å². The van der Waals surface area contributed by atoms with Gasteiger partial charge in [-0.1, -0.05) is 19.3 Å². The lowest BCUT2D eigenvalue weighted by Gasteiger charge is -2.44. The van der Waals surface area contributed by atoms with Gasteiger partial charge in [0, 0.05) is 37.0 Å². The molecule has 1 aliphatic carbocycles. The van der Waals surface area contributed by atoms with Gasteiger partial charge in [0.15, 0.2) is 0 Å². The minimum atomic E-state index is -0.334. The summed E-state index contributed by atoms with van der Waals surface area (Å²) in [5.74, 6) is 0.533. The van der Waals surface area contributed by atoms with Crippen molar-refractivity contribution in [3.63, 3.8) is 0 Å². The number of nitrogens with zero attached hydrogens (tertiary/aromatic N) is 2. The Kier molecular flexibility index (Phi) is 5.80. The van der Waals surface area contributed by atoms with E-state index >= 15 is 0 Å². The van der Waals surface area contributed by atoms with Gasteiger partial charge in [0.05, 0.1) is 4.87 Å². The maximum Gasteiger partial charge on any atom is 0.317 e. The van der Waals surface area contributed by atoms with E-state index in [4.69, 9.17) is 0 Å². The number of carbonyl (C=O) groups excluding carboxylic acids is 2. The Morgan fingerprint density at radius 2 is 1.71 bits per heavy atom. The summed E-state index contributed by atoms with van der Waals surface area (Å²) in [4.78, 5) is 29.2. The first-order chi connectivity index (χ1) is 13.6. The number of hydrogen-bond donors (Lipinski definition) is 1. The molecule has 5 nitrogen and oxygen atoms in total. The lowest BCUT2D eigenvalue weighted by atomic mass is 9.95. The van der Waals surface area contributed by atoms with E-state index in [2.05, 4.69) is 5.32 Å². The fraction of sp³-hybridized carbons (Fsp3) is 0.619. The average Bonchev–Trinajstić information content (AvgIpc) is 3.12. The molecule has 2 aliphatic heterocycles. The molecule has 1 saturated carbocycles. The highest BCUT2D eigenvalue weighted by Crippen LogP contribution is 2.44. The van der Waals surface area contributed by atoms with Gasteiger partial charge in [-0.05, 0) is 49.9 Å². The Balaban J connectivity index is 1.37. The molecule has 1 spiro atoms. The molecule has 0 bridgehead atoms. The number of amides is 3. The Morgan fingerprint density at radius 1 is 1.04 bits per heavy atom. The SMILES string of the molecule is O=C(NC1CCCCC1)N1CCC2(CC1)SCCN2C(=O)c1ccc(F)cc1. The van der Waals surface area contributed by atoms with Crippen molar-refractivity contribution in [2.45, 2.75) is 55.9 Å². The number of hydrogen-bond acceptors (Lipinski definition) is 3. The van der Waals surface area contributed by atoms with Crippen molar-refractivity contribution < 1.29 is 14.0 Å². The molecule has 152 valence electrons. The van der Waals surface area contributed by atoms with Gasteiger partial charge in [-0.2, -0.15) is 0 Å². The fourth-order valence-electron chi connectivity index (χ4n) is 4.63. The summed E-state index contributed by atoms with van der Waals surface area (Å²) in [5, 5.41) is 3.20. The number of carbonyl (C=O) groups is 2. The quantitative estimate of drug-likeness (QED) is 0.813. The number of thioether (sulfide) groups is 1. The topological polar surface area (TPSA) is 52.7 Å². The molecule has 0 atom stereocenters. The van der Waals surface area contributed by atoms with Crippen molar-refractivity contribution in [1.29, 1.82) is 0 Å². The number of rotatable bonds is 2. The van der Waals surface area contributed by atoms with Gasteiger partial charge in [0.2, 0.25) is 0 Å². The molecule has 0 radical (unpaired) electrons. The van der Waals surface area contributed by atoms with Crippen LogP contribution in [0.15, 0.2) is 24.3 Å². The minimum absolute atomic E-state index is 0.0369. The summed E-state index contributed by atoms with van der Waals surface area (Å²) in [6, 6.07) is 6.14. The first-order valence-corrected chi connectivity index (χ1v) is 11.3. The Labute approximate surface area is 170 Å². The average molecular weight is 406 g/mol. The predicted molar refractivity (Wildman–Crippen MR) is 109 cm³/mol. The summed E-state index contributed by atoms with van der Waals surface area (Å²) < 4.78 is 13.2.